The molecule has 0 amide bonds. The molecule has 1 aromatic heterocycles. The number of pyridine rings is 1. The van der Waals surface area contributed by atoms with Crippen LogP contribution in [0, 0.1) is 6.92 Å². The predicted molar refractivity (Wildman–Crippen MR) is 138 cm³/mol. The fourth-order valence-electron chi connectivity index (χ4n) is 4.40. The molecular formula is C28H23F3N2O5S. The van der Waals surface area contributed by atoms with Crippen molar-refractivity contribution in [1.82, 2.24) is 4.98 Å². The number of nitrogens with two attached hydrogens (primary N) is 1. The van der Waals surface area contributed by atoms with Gasteiger partial charge in [0.1, 0.15) is 5.75 Å². The van der Waals surface area contributed by atoms with Gasteiger partial charge in [0.25, 0.3) is 0 Å². The number of sulfone groups is 1. The Bertz CT molecular complexity index is 1650. The maximum atomic E-state index is 14.3. The van der Waals surface area contributed by atoms with Gasteiger partial charge in [0, 0.05) is 24.5 Å². The first kappa shape index (κ1) is 27.6. The van der Waals surface area contributed by atoms with Gasteiger partial charge in [-0.2, -0.15) is 13.2 Å². The lowest BCUT2D eigenvalue weighted by molar-refractivity contribution is -0.136. The molecule has 39 heavy (non-hydrogen) atoms. The summed E-state index contributed by atoms with van der Waals surface area (Å²) in [6, 6.07) is 13.5. The Kier molecular flexibility index (Phi) is 7.38. The summed E-state index contributed by atoms with van der Waals surface area (Å²) in [4.78, 5) is 15.5. The third kappa shape index (κ3) is 5.44. The minimum atomic E-state index is -4.88. The van der Waals surface area contributed by atoms with Crippen molar-refractivity contribution in [2.45, 2.75) is 29.3 Å². The number of carboxylic acid groups (broad SMARTS) is 1. The van der Waals surface area contributed by atoms with Gasteiger partial charge >= 0.3 is 12.1 Å². The van der Waals surface area contributed by atoms with Gasteiger partial charge in [0.05, 0.1) is 28.0 Å². The molecule has 11 heteroatoms. The number of halogens is 3. The summed E-state index contributed by atoms with van der Waals surface area (Å²) in [6.07, 6.45) is -1.72. The molecule has 0 aliphatic carbocycles. The number of aromatic carboxylic acids is 1. The molecule has 0 saturated carbocycles. The van der Waals surface area contributed by atoms with E-state index in [4.69, 9.17) is 10.5 Å². The van der Waals surface area contributed by atoms with Crippen molar-refractivity contribution in [3.05, 3.63) is 101 Å². The lowest BCUT2D eigenvalue weighted by atomic mass is 9.91. The number of hydrogen-bond donors (Lipinski definition) is 2. The smallest absolute Gasteiger partial charge is 0.418 e. The zero-order valence-corrected chi connectivity index (χ0v) is 21.6. The molecule has 4 aromatic rings. The van der Waals surface area contributed by atoms with Crippen LogP contribution in [0.4, 0.5) is 18.9 Å². The highest BCUT2D eigenvalue weighted by Gasteiger charge is 2.38. The van der Waals surface area contributed by atoms with Gasteiger partial charge in [-0.3, -0.25) is 4.98 Å². The van der Waals surface area contributed by atoms with Crippen molar-refractivity contribution < 1.29 is 36.2 Å². The Morgan fingerprint density at radius 2 is 1.77 bits per heavy atom. The fraction of sp³-hybridized carbons (Fsp3) is 0.143. The van der Waals surface area contributed by atoms with Crippen molar-refractivity contribution in [2.24, 2.45) is 0 Å². The van der Waals surface area contributed by atoms with Crippen LogP contribution in [0.2, 0.25) is 0 Å². The molecule has 0 aliphatic heterocycles. The van der Waals surface area contributed by atoms with Crippen LogP contribution in [-0.4, -0.2) is 31.6 Å². The van der Waals surface area contributed by atoms with E-state index in [0.29, 0.717) is 11.3 Å². The lowest BCUT2D eigenvalue weighted by Crippen LogP contribution is -2.15. The summed E-state index contributed by atoms with van der Waals surface area (Å²) in [5.74, 6) is -1.22. The number of ether oxygens (including phenoxy) is 1. The monoisotopic (exact) mass is 556 g/mol. The van der Waals surface area contributed by atoms with Crippen LogP contribution >= 0.6 is 0 Å². The molecule has 0 saturated heterocycles. The molecule has 3 aromatic carbocycles. The van der Waals surface area contributed by atoms with Crippen molar-refractivity contribution in [3.63, 3.8) is 0 Å². The number of anilines is 1. The number of hydrogen-bond acceptors (Lipinski definition) is 6. The van der Waals surface area contributed by atoms with E-state index in [1.807, 2.05) is 0 Å². The van der Waals surface area contributed by atoms with Crippen LogP contribution < -0.4 is 10.5 Å². The zero-order valence-electron chi connectivity index (χ0n) is 20.8. The van der Waals surface area contributed by atoms with Crippen molar-refractivity contribution in [1.29, 1.82) is 0 Å². The Balaban J connectivity index is 1.90. The number of carbonyl (C=O) groups is 1. The summed E-state index contributed by atoms with van der Waals surface area (Å²) in [6.45, 7) is 1.33. The number of rotatable bonds is 7. The van der Waals surface area contributed by atoms with Crippen LogP contribution in [0.25, 0.3) is 11.1 Å². The first-order valence-electron chi connectivity index (χ1n) is 11.5. The van der Waals surface area contributed by atoms with Crippen molar-refractivity contribution in [3.8, 4) is 16.9 Å². The summed E-state index contributed by atoms with van der Waals surface area (Å²) in [5, 5.41) is 9.91. The van der Waals surface area contributed by atoms with E-state index in [1.165, 1.54) is 68.9 Å². The number of carboxylic acids is 1. The largest absolute Gasteiger partial charge is 0.497 e. The Hall–Kier alpha value is -4.38. The molecule has 0 atom stereocenters. The highest BCUT2D eigenvalue weighted by atomic mass is 32.2. The first-order valence-corrected chi connectivity index (χ1v) is 13.0. The van der Waals surface area contributed by atoms with Gasteiger partial charge < -0.3 is 15.6 Å². The molecule has 3 N–H and O–H groups in total. The number of alkyl halides is 3. The van der Waals surface area contributed by atoms with Gasteiger partial charge in [-0.1, -0.05) is 24.3 Å². The number of aryl methyl sites for hydroxylation is 1. The average Bonchev–Trinajstić information content (AvgIpc) is 2.89. The summed E-state index contributed by atoms with van der Waals surface area (Å²) in [7, 11) is -2.94. The molecule has 0 fully saturated rings. The molecule has 4 rings (SSSR count). The molecule has 1 heterocycles. The molecule has 0 radical (unpaired) electrons. The Morgan fingerprint density at radius 3 is 2.33 bits per heavy atom. The number of benzene rings is 3. The van der Waals surface area contributed by atoms with Gasteiger partial charge in [0.2, 0.25) is 9.84 Å². The quantitative estimate of drug-likeness (QED) is 0.277. The van der Waals surface area contributed by atoms with Gasteiger partial charge in [-0.05, 0) is 71.1 Å². The molecule has 202 valence electrons. The van der Waals surface area contributed by atoms with Gasteiger partial charge in [-0.15, -0.1) is 0 Å². The average molecular weight is 557 g/mol. The van der Waals surface area contributed by atoms with Gasteiger partial charge in [-0.25, -0.2) is 13.2 Å². The summed E-state index contributed by atoms with van der Waals surface area (Å²) in [5.41, 5.74) is 4.06. The maximum Gasteiger partial charge on any atom is 0.418 e. The molecule has 7 nitrogen and oxygen atoms in total. The Morgan fingerprint density at radius 1 is 1.08 bits per heavy atom. The third-order valence-corrected chi connectivity index (χ3v) is 8.16. The predicted octanol–water partition coefficient (Wildman–Crippen LogP) is 5.79. The van der Waals surface area contributed by atoms with Crippen LogP contribution in [-0.2, 0) is 22.4 Å². The van der Waals surface area contributed by atoms with Crippen molar-refractivity contribution >= 4 is 21.5 Å². The second kappa shape index (κ2) is 10.4. The van der Waals surface area contributed by atoms with Crippen LogP contribution in [0.1, 0.15) is 32.6 Å². The standard InChI is InChI=1S/C28H23F3N2O5S/c1-16-12-19(14-23(27(34)35)26(16)39(36,37)21-8-6-20(38-2)7-9-21)22-10-5-18(13-17-4-3-11-33-15-17)25(32)24(22)28(29,30)31/h3-12,14-15H,13,32H2,1-2H3,(H,34,35). The molecule has 0 spiro atoms. The minimum Gasteiger partial charge on any atom is -0.497 e. The number of aromatic nitrogens is 1. The lowest BCUT2D eigenvalue weighted by Gasteiger charge is -2.20. The minimum absolute atomic E-state index is 0.0353. The second-order valence-electron chi connectivity index (χ2n) is 8.75. The number of nitrogens with zero attached hydrogens (tertiary/aromatic N) is 1. The highest BCUT2D eigenvalue weighted by Crippen LogP contribution is 2.44. The first-order chi connectivity index (χ1) is 18.3. The second-order valence-corrected chi connectivity index (χ2v) is 10.6. The summed E-state index contributed by atoms with van der Waals surface area (Å²) >= 11 is 0. The van der Waals surface area contributed by atoms with Crippen LogP contribution in [0.3, 0.4) is 0 Å². The molecule has 0 unspecified atom stereocenters. The maximum absolute atomic E-state index is 14.3. The molecule has 0 aliphatic rings. The topological polar surface area (TPSA) is 120 Å². The molecular weight excluding hydrogens is 533 g/mol. The van der Waals surface area contributed by atoms with Crippen LogP contribution in [0.5, 0.6) is 5.75 Å². The third-order valence-electron chi connectivity index (χ3n) is 6.19. The Labute approximate surface area is 222 Å². The normalized spacial score (nSPS) is 11.8. The fourth-order valence-corrected chi connectivity index (χ4v) is 6.05. The zero-order chi connectivity index (χ0) is 28.5. The SMILES string of the molecule is COc1ccc(S(=O)(=O)c2c(C)cc(-c3ccc(Cc4cccnc4)c(N)c3C(F)(F)F)cc2C(=O)O)cc1. The van der Waals surface area contributed by atoms with E-state index in [-0.39, 0.29) is 33.6 Å². The van der Waals surface area contributed by atoms with Gasteiger partial charge in [0.15, 0.2) is 0 Å². The van der Waals surface area contributed by atoms with Crippen molar-refractivity contribution in [2.75, 3.05) is 12.8 Å². The number of methoxy groups -OCH3 is 1. The summed E-state index contributed by atoms with van der Waals surface area (Å²) < 4.78 is 74.8. The van der Waals surface area contributed by atoms with E-state index in [0.717, 1.165) is 6.07 Å². The molecule has 0 bridgehead atoms. The van der Waals surface area contributed by atoms with E-state index in [9.17, 15) is 31.5 Å². The van der Waals surface area contributed by atoms with Crippen LogP contribution in [0.15, 0.2) is 82.8 Å². The highest BCUT2D eigenvalue weighted by molar-refractivity contribution is 7.91. The van der Waals surface area contributed by atoms with E-state index >= 15 is 0 Å². The van der Waals surface area contributed by atoms with E-state index < -0.39 is 43.7 Å². The number of nitrogen functional groups attached to an aromatic ring is 1. The van der Waals surface area contributed by atoms with E-state index in [1.54, 1.807) is 12.1 Å². The van der Waals surface area contributed by atoms with E-state index in [2.05, 4.69) is 4.98 Å².